The van der Waals surface area contributed by atoms with Crippen LogP contribution in [0.25, 0.3) is 11.6 Å². The molecule has 4 nitrogen and oxygen atoms in total. The number of unbranched alkanes of at least 4 members (excludes halogenated alkanes) is 1. The summed E-state index contributed by atoms with van der Waals surface area (Å²) in [4.78, 5) is 14.3. The topological polar surface area (TPSA) is 38.8 Å². The Hall–Kier alpha value is -2.75. The van der Waals surface area contributed by atoms with E-state index in [2.05, 4.69) is 6.92 Å². The molecule has 0 aliphatic carbocycles. The number of nitrogens with zero attached hydrogens (tertiary/aromatic N) is 1. The summed E-state index contributed by atoms with van der Waals surface area (Å²) in [5.41, 5.74) is 3.51. The molecule has 0 unspecified atom stereocenters. The van der Waals surface area contributed by atoms with Gasteiger partial charge in [0, 0.05) is 18.2 Å². The van der Waals surface area contributed by atoms with Gasteiger partial charge in [0.15, 0.2) is 11.5 Å². The van der Waals surface area contributed by atoms with E-state index >= 15 is 0 Å². The number of anilines is 1. The smallest absolute Gasteiger partial charge is 0.258 e. The average Bonchev–Trinajstić information content (AvgIpc) is 2.87. The fourth-order valence-electron chi connectivity index (χ4n) is 2.93. The third-order valence-corrected chi connectivity index (χ3v) is 4.34. The van der Waals surface area contributed by atoms with Crippen LogP contribution in [-0.4, -0.2) is 26.7 Å². The molecule has 0 atom stereocenters. The third-order valence-electron chi connectivity index (χ3n) is 4.34. The number of benzene rings is 2. The zero-order valence-corrected chi connectivity index (χ0v) is 14.9. The highest BCUT2D eigenvalue weighted by atomic mass is 16.5. The van der Waals surface area contributed by atoms with Crippen LogP contribution in [0.3, 0.4) is 0 Å². The number of amides is 1. The lowest BCUT2D eigenvalue weighted by molar-refractivity contribution is -0.112. The first-order chi connectivity index (χ1) is 12.2. The van der Waals surface area contributed by atoms with Gasteiger partial charge in [0.05, 0.1) is 19.4 Å². The van der Waals surface area contributed by atoms with Crippen molar-refractivity contribution >= 4 is 23.2 Å². The Morgan fingerprint density at radius 2 is 1.92 bits per heavy atom. The molecule has 0 N–H and O–H groups in total. The van der Waals surface area contributed by atoms with Gasteiger partial charge in [0.25, 0.3) is 5.91 Å². The summed E-state index contributed by atoms with van der Waals surface area (Å²) in [6, 6.07) is 13.6. The molecule has 0 bridgehead atoms. The summed E-state index contributed by atoms with van der Waals surface area (Å²) in [6.45, 7) is 2.78. The Balaban J connectivity index is 1.96. The van der Waals surface area contributed by atoms with Gasteiger partial charge in [-0.1, -0.05) is 37.6 Å². The van der Waals surface area contributed by atoms with E-state index in [1.807, 2.05) is 48.5 Å². The van der Waals surface area contributed by atoms with Crippen molar-refractivity contribution in [1.82, 2.24) is 0 Å². The number of carbonyl (C=O) groups is 1. The molecule has 25 heavy (non-hydrogen) atoms. The Morgan fingerprint density at radius 3 is 2.68 bits per heavy atom. The average molecular weight is 337 g/mol. The van der Waals surface area contributed by atoms with Gasteiger partial charge in [-0.25, -0.2) is 0 Å². The predicted octanol–water partition coefficient (Wildman–Crippen LogP) is 4.39. The lowest BCUT2D eigenvalue weighted by Crippen LogP contribution is -2.20. The van der Waals surface area contributed by atoms with E-state index in [4.69, 9.17) is 9.47 Å². The normalized spacial score (nSPS) is 14.8. The van der Waals surface area contributed by atoms with Gasteiger partial charge in [-0.15, -0.1) is 0 Å². The van der Waals surface area contributed by atoms with Crippen molar-refractivity contribution in [2.45, 2.75) is 19.8 Å². The molecule has 0 saturated heterocycles. The lowest BCUT2D eigenvalue weighted by atomic mass is 10.0. The number of hydrogen-bond acceptors (Lipinski definition) is 3. The van der Waals surface area contributed by atoms with E-state index in [1.165, 1.54) is 0 Å². The summed E-state index contributed by atoms with van der Waals surface area (Å²) in [6.07, 6.45) is 3.98. The standard InChI is InChI=1S/C21H23NO3/c1-4-5-12-25-20-14-15(10-11-19(20)24-3)13-17-16-8-6-7-9-18(16)22(2)21(17)23/h6-11,13-14H,4-5,12H2,1-3H3/b17-13+. The second kappa shape index (κ2) is 7.43. The molecule has 2 aromatic carbocycles. The maximum atomic E-state index is 12.6. The molecular weight excluding hydrogens is 314 g/mol. The maximum absolute atomic E-state index is 12.6. The molecule has 0 radical (unpaired) electrons. The molecule has 3 rings (SSSR count). The fourth-order valence-corrected chi connectivity index (χ4v) is 2.93. The molecule has 0 aromatic heterocycles. The van der Waals surface area contributed by atoms with E-state index in [-0.39, 0.29) is 5.91 Å². The first-order valence-corrected chi connectivity index (χ1v) is 8.55. The zero-order valence-electron chi connectivity index (χ0n) is 14.9. The van der Waals surface area contributed by atoms with Crippen molar-refractivity contribution < 1.29 is 14.3 Å². The SMILES string of the molecule is CCCCOc1cc(/C=C2/C(=O)N(C)c3ccccc32)ccc1OC. The molecule has 1 aliphatic rings. The van der Waals surface area contributed by atoms with Crippen molar-refractivity contribution in [2.75, 3.05) is 25.7 Å². The molecule has 1 heterocycles. The van der Waals surface area contributed by atoms with Crippen LogP contribution in [-0.2, 0) is 4.79 Å². The monoisotopic (exact) mass is 337 g/mol. The van der Waals surface area contributed by atoms with Gasteiger partial charge < -0.3 is 14.4 Å². The van der Waals surface area contributed by atoms with Crippen LogP contribution in [0.15, 0.2) is 42.5 Å². The minimum atomic E-state index is 0.00506. The van der Waals surface area contributed by atoms with Gasteiger partial charge >= 0.3 is 0 Å². The Labute approximate surface area is 148 Å². The number of carbonyl (C=O) groups excluding carboxylic acids is 1. The van der Waals surface area contributed by atoms with Crippen LogP contribution < -0.4 is 14.4 Å². The number of fused-ring (bicyclic) bond motifs is 1. The number of rotatable bonds is 6. The van der Waals surface area contributed by atoms with Gasteiger partial charge in [-0.2, -0.15) is 0 Å². The largest absolute Gasteiger partial charge is 0.493 e. The minimum Gasteiger partial charge on any atom is -0.493 e. The number of hydrogen-bond donors (Lipinski definition) is 0. The van der Waals surface area contributed by atoms with E-state index in [0.717, 1.165) is 29.7 Å². The quantitative estimate of drug-likeness (QED) is 0.579. The Bertz CT molecular complexity index is 811. The molecule has 0 spiro atoms. The van der Waals surface area contributed by atoms with E-state index in [0.29, 0.717) is 23.7 Å². The minimum absolute atomic E-state index is 0.00506. The third kappa shape index (κ3) is 3.38. The van der Waals surface area contributed by atoms with Crippen LogP contribution >= 0.6 is 0 Å². The van der Waals surface area contributed by atoms with Crippen LogP contribution in [0.5, 0.6) is 11.5 Å². The second-order valence-corrected chi connectivity index (χ2v) is 6.05. The van der Waals surface area contributed by atoms with Crippen molar-refractivity contribution in [1.29, 1.82) is 0 Å². The summed E-state index contributed by atoms with van der Waals surface area (Å²) in [7, 11) is 3.43. The molecular formula is C21H23NO3. The summed E-state index contributed by atoms with van der Waals surface area (Å²) < 4.78 is 11.2. The van der Waals surface area contributed by atoms with Crippen LogP contribution in [0, 0.1) is 0 Å². The summed E-state index contributed by atoms with van der Waals surface area (Å²) >= 11 is 0. The first-order valence-electron chi connectivity index (χ1n) is 8.55. The number of para-hydroxylation sites is 1. The molecule has 0 saturated carbocycles. The fraction of sp³-hybridized carbons (Fsp3) is 0.286. The predicted molar refractivity (Wildman–Crippen MR) is 101 cm³/mol. The van der Waals surface area contributed by atoms with Crippen molar-refractivity contribution in [2.24, 2.45) is 0 Å². The molecule has 1 aliphatic heterocycles. The Kier molecular flexibility index (Phi) is 5.08. The van der Waals surface area contributed by atoms with Crippen LogP contribution in [0.2, 0.25) is 0 Å². The molecule has 1 amide bonds. The van der Waals surface area contributed by atoms with Crippen LogP contribution in [0.4, 0.5) is 5.69 Å². The molecule has 0 fully saturated rings. The Morgan fingerprint density at radius 1 is 1.12 bits per heavy atom. The highest BCUT2D eigenvalue weighted by Gasteiger charge is 2.29. The first kappa shape index (κ1) is 17.1. The lowest BCUT2D eigenvalue weighted by Gasteiger charge is -2.11. The molecule has 130 valence electrons. The maximum Gasteiger partial charge on any atom is 0.258 e. The zero-order chi connectivity index (χ0) is 17.8. The number of methoxy groups -OCH3 is 1. The van der Waals surface area contributed by atoms with Gasteiger partial charge in [0.2, 0.25) is 0 Å². The van der Waals surface area contributed by atoms with E-state index in [1.54, 1.807) is 19.1 Å². The van der Waals surface area contributed by atoms with Crippen LogP contribution in [0.1, 0.15) is 30.9 Å². The van der Waals surface area contributed by atoms with E-state index < -0.39 is 0 Å². The van der Waals surface area contributed by atoms with Crippen molar-refractivity contribution in [3.05, 3.63) is 53.6 Å². The molecule has 4 heteroatoms. The number of likely N-dealkylation sites (N-methyl/N-ethyl adjacent to an activating group) is 1. The summed E-state index contributed by atoms with van der Waals surface area (Å²) in [5, 5.41) is 0. The summed E-state index contributed by atoms with van der Waals surface area (Å²) in [5.74, 6) is 1.41. The molecule has 2 aromatic rings. The highest BCUT2D eigenvalue weighted by molar-refractivity contribution is 6.35. The van der Waals surface area contributed by atoms with Gasteiger partial charge in [0.1, 0.15) is 0 Å². The van der Waals surface area contributed by atoms with E-state index in [9.17, 15) is 4.79 Å². The second-order valence-electron chi connectivity index (χ2n) is 6.05. The number of ether oxygens (including phenoxy) is 2. The van der Waals surface area contributed by atoms with Crippen molar-refractivity contribution in [3.8, 4) is 11.5 Å². The highest BCUT2D eigenvalue weighted by Crippen LogP contribution is 2.37. The van der Waals surface area contributed by atoms with Crippen molar-refractivity contribution in [3.63, 3.8) is 0 Å². The van der Waals surface area contributed by atoms with Gasteiger partial charge in [-0.3, -0.25) is 4.79 Å². The van der Waals surface area contributed by atoms with Gasteiger partial charge in [-0.05, 0) is 36.3 Å².